The number of benzene rings is 1. The largest absolute Gasteiger partial charge is 0.507 e. The molecule has 3 rings (SSSR count). The number of aromatic hydroxyl groups is 1. The fourth-order valence-electron chi connectivity index (χ4n) is 3.92. The van der Waals surface area contributed by atoms with Gasteiger partial charge in [0.1, 0.15) is 11.9 Å². The third-order valence-corrected chi connectivity index (χ3v) is 5.44. The Morgan fingerprint density at radius 3 is 2.50 bits per heavy atom. The number of phenols is 1. The van der Waals surface area contributed by atoms with Gasteiger partial charge in [-0.05, 0) is 63.2 Å². The molecule has 2 atom stereocenters. The monoisotopic (exact) mass is 395 g/mol. The van der Waals surface area contributed by atoms with Crippen LogP contribution < -0.4 is 0 Å². The van der Waals surface area contributed by atoms with E-state index in [0.29, 0.717) is 17.3 Å². The number of rotatable bonds is 3. The van der Waals surface area contributed by atoms with Crippen molar-refractivity contribution in [1.29, 1.82) is 0 Å². The van der Waals surface area contributed by atoms with E-state index in [1.165, 1.54) is 6.07 Å². The number of aryl methyl sites for hydroxylation is 1. The molecule has 2 aromatic rings. The molecule has 5 nitrogen and oxygen atoms in total. The Balaban J connectivity index is 1.91. The Bertz CT molecular complexity index is 872. The van der Waals surface area contributed by atoms with Crippen LogP contribution in [0.1, 0.15) is 42.7 Å². The van der Waals surface area contributed by atoms with Gasteiger partial charge in [-0.2, -0.15) is 18.3 Å². The van der Waals surface area contributed by atoms with Crippen LogP contribution in [0.2, 0.25) is 0 Å². The van der Waals surface area contributed by atoms with Crippen molar-refractivity contribution in [2.45, 2.75) is 39.0 Å². The first-order chi connectivity index (χ1) is 13.0. The van der Waals surface area contributed by atoms with Gasteiger partial charge in [0.05, 0.1) is 17.0 Å². The molecule has 8 heteroatoms. The summed E-state index contributed by atoms with van der Waals surface area (Å²) in [6.07, 6.45) is -3.50. The molecule has 1 saturated heterocycles. The van der Waals surface area contributed by atoms with Gasteiger partial charge in [0.2, 0.25) is 0 Å². The molecular weight excluding hydrogens is 371 g/mol. The van der Waals surface area contributed by atoms with Crippen LogP contribution in [0.15, 0.2) is 24.3 Å². The number of halogens is 3. The second-order valence-corrected chi connectivity index (χ2v) is 7.93. The number of alkyl halides is 3. The Hall–Kier alpha value is -2.19. The quantitative estimate of drug-likeness (QED) is 0.824. The fourth-order valence-corrected chi connectivity index (χ4v) is 3.92. The molecule has 28 heavy (non-hydrogen) atoms. The zero-order valence-electron chi connectivity index (χ0n) is 16.1. The number of hydrogen-bond donors (Lipinski definition) is 2. The van der Waals surface area contributed by atoms with Gasteiger partial charge < -0.3 is 15.1 Å². The fraction of sp³-hybridized carbons (Fsp3) is 0.500. The Labute approximate surface area is 161 Å². The molecule has 0 aliphatic carbocycles. The molecular formula is C20H24F3N3O2. The highest BCUT2D eigenvalue weighted by molar-refractivity contribution is 5.69. The van der Waals surface area contributed by atoms with Crippen molar-refractivity contribution >= 4 is 0 Å². The molecule has 1 aromatic heterocycles. The number of hydrogen-bond acceptors (Lipinski definition) is 5. The standard InChI is InChI=1S/C20H24F3N3O2/c1-12-9-15(18(28)19(2)7-4-8-26(3)11-19)24-25-17(12)14-6-5-13(10-16(14)27)20(21,22)23/h5-6,9-10,18,27-28H,4,7-8,11H2,1-3H3. The van der Waals surface area contributed by atoms with Crippen LogP contribution >= 0.6 is 0 Å². The number of aliphatic hydroxyl groups excluding tert-OH is 1. The topological polar surface area (TPSA) is 69.5 Å². The molecule has 0 saturated carbocycles. The predicted molar refractivity (Wildman–Crippen MR) is 98.7 cm³/mol. The third-order valence-electron chi connectivity index (χ3n) is 5.44. The van der Waals surface area contributed by atoms with Gasteiger partial charge in [-0.25, -0.2) is 0 Å². The number of aliphatic hydroxyl groups is 1. The second kappa shape index (κ2) is 7.33. The average molecular weight is 395 g/mol. The van der Waals surface area contributed by atoms with Crippen LogP contribution in [-0.2, 0) is 6.18 Å². The molecule has 152 valence electrons. The van der Waals surface area contributed by atoms with E-state index in [2.05, 4.69) is 15.1 Å². The highest BCUT2D eigenvalue weighted by Gasteiger charge is 2.38. The molecule has 0 bridgehead atoms. The molecule has 1 aliphatic heterocycles. The summed E-state index contributed by atoms with van der Waals surface area (Å²) in [6.45, 7) is 5.46. The van der Waals surface area contributed by atoms with Gasteiger partial charge in [-0.1, -0.05) is 6.92 Å². The number of piperidine rings is 1. The summed E-state index contributed by atoms with van der Waals surface area (Å²) >= 11 is 0. The summed E-state index contributed by atoms with van der Waals surface area (Å²) in [6, 6.07) is 4.45. The van der Waals surface area contributed by atoms with E-state index in [1.54, 1.807) is 13.0 Å². The normalized spacial score (nSPS) is 22.2. The van der Waals surface area contributed by atoms with Crippen LogP contribution in [0.3, 0.4) is 0 Å². The first-order valence-electron chi connectivity index (χ1n) is 9.13. The van der Waals surface area contributed by atoms with Crippen molar-refractivity contribution in [3.05, 3.63) is 41.1 Å². The van der Waals surface area contributed by atoms with Crippen molar-refractivity contribution in [3.8, 4) is 17.0 Å². The molecule has 0 radical (unpaired) electrons. The van der Waals surface area contributed by atoms with Gasteiger partial charge in [-0.3, -0.25) is 0 Å². The zero-order valence-corrected chi connectivity index (χ0v) is 16.1. The first-order valence-corrected chi connectivity index (χ1v) is 9.13. The Kier molecular flexibility index (Phi) is 5.38. The molecule has 1 fully saturated rings. The van der Waals surface area contributed by atoms with Gasteiger partial charge >= 0.3 is 6.18 Å². The zero-order chi connectivity index (χ0) is 20.7. The maximum Gasteiger partial charge on any atom is 0.416 e. The summed E-state index contributed by atoms with van der Waals surface area (Å²) in [7, 11) is 2.01. The summed E-state index contributed by atoms with van der Waals surface area (Å²) in [5.41, 5.74) is 0.209. The van der Waals surface area contributed by atoms with Gasteiger partial charge in [-0.15, -0.1) is 5.10 Å². The molecule has 2 heterocycles. The van der Waals surface area contributed by atoms with Gasteiger partial charge in [0.15, 0.2) is 0 Å². The Morgan fingerprint density at radius 2 is 1.93 bits per heavy atom. The smallest absolute Gasteiger partial charge is 0.416 e. The molecule has 0 spiro atoms. The first kappa shape index (κ1) is 20.5. The lowest BCUT2D eigenvalue weighted by molar-refractivity contribution is -0.137. The Morgan fingerprint density at radius 1 is 1.21 bits per heavy atom. The minimum absolute atomic E-state index is 0.169. The van der Waals surface area contributed by atoms with Crippen LogP contribution in [0.5, 0.6) is 5.75 Å². The summed E-state index contributed by atoms with van der Waals surface area (Å²) in [4.78, 5) is 2.17. The lowest BCUT2D eigenvalue weighted by Crippen LogP contribution is -2.43. The van der Waals surface area contributed by atoms with E-state index in [1.807, 2.05) is 14.0 Å². The van der Waals surface area contributed by atoms with E-state index in [0.717, 1.165) is 32.0 Å². The van der Waals surface area contributed by atoms with E-state index >= 15 is 0 Å². The summed E-state index contributed by atoms with van der Waals surface area (Å²) in [5.74, 6) is -0.513. The average Bonchev–Trinajstić information content (AvgIpc) is 2.60. The van der Waals surface area contributed by atoms with Crippen molar-refractivity contribution in [1.82, 2.24) is 15.1 Å². The number of likely N-dealkylation sites (tertiary alicyclic amines) is 1. The van der Waals surface area contributed by atoms with Crippen molar-refractivity contribution in [2.24, 2.45) is 5.41 Å². The molecule has 2 N–H and O–H groups in total. The van der Waals surface area contributed by atoms with Crippen molar-refractivity contribution in [3.63, 3.8) is 0 Å². The van der Waals surface area contributed by atoms with Crippen molar-refractivity contribution < 1.29 is 23.4 Å². The third kappa shape index (κ3) is 3.98. The molecule has 2 unspecified atom stereocenters. The molecule has 1 aliphatic rings. The maximum atomic E-state index is 12.8. The minimum Gasteiger partial charge on any atom is -0.507 e. The summed E-state index contributed by atoms with van der Waals surface area (Å²) < 4.78 is 38.4. The van der Waals surface area contributed by atoms with Gasteiger partial charge in [0, 0.05) is 17.5 Å². The molecule has 0 amide bonds. The highest BCUT2D eigenvalue weighted by Crippen LogP contribution is 2.41. The van der Waals surface area contributed by atoms with E-state index in [-0.39, 0.29) is 16.7 Å². The van der Waals surface area contributed by atoms with Gasteiger partial charge in [0.25, 0.3) is 0 Å². The SMILES string of the molecule is Cc1cc(C(O)C2(C)CCCN(C)C2)nnc1-c1ccc(C(F)(F)F)cc1O. The lowest BCUT2D eigenvalue weighted by Gasteiger charge is -2.41. The molecule has 1 aromatic carbocycles. The predicted octanol–water partition coefficient (Wildman–Crippen LogP) is 3.94. The van der Waals surface area contributed by atoms with Crippen LogP contribution in [0.25, 0.3) is 11.3 Å². The number of nitrogens with zero attached hydrogens (tertiary/aromatic N) is 3. The van der Waals surface area contributed by atoms with Crippen molar-refractivity contribution in [2.75, 3.05) is 20.1 Å². The summed E-state index contributed by atoms with van der Waals surface area (Å²) in [5, 5.41) is 29.2. The number of aromatic nitrogens is 2. The van der Waals surface area contributed by atoms with E-state index < -0.39 is 23.6 Å². The maximum absolute atomic E-state index is 12.8. The van der Waals surface area contributed by atoms with Crippen LogP contribution in [0.4, 0.5) is 13.2 Å². The van der Waals surface area contributed by atoms with Crippen LogP contribution in [0, 0.1) is 12.3 Å². The lowest BCUT2D eigenvalue weighted by atomic mass is 9.76. The van der Waals surface area contributed by atoms with Crippen LogP contribution in [-0.4, -0.2) is 45.4 Å². The van der Waals surface area contributed by atoms with E-state index in [4.69, 9.17) is 0 Å². The van der Waals surface area contributed by atoms with E-state index in [9.17, 15) is 23.4 Å². The number of phenolic OH excluding ortho intramolecular Hbond substituents is 1. The highest BCUT2D eigenvalue weighted by atomic mass is 19.4. The second-order valence-electron chi connectivity index (χ2n) is 7.93. The minimum atomic E-state index is -4.53.